The van der Waals surface area contributed by atoms with Gasteiger partial charge in [-0.3, -0.25) is 4.79 Å². The van der Waals surface area contributed by atoms with Crippen molar-refractivity contribution in [1.82, 2.24) is 0 Å². The van der Waals surface area contributed by atoms with Crippen molar-refractivity contribution in [2.75, 3.05) is 0 Å². The number of thiol groups is 1. The van der Waals surface area contributed by atoms with E-state index in [-0.39, 0.29) is 27.1 Å². The summed E-state index contributed by atoms with van der Waals surface area (Å²) in [5.41, 5.74) is 0. The molecule has 4 heteroatoms. The molecule has 0 aliphatic heterocycles. The van der Waals surface area contributed by atoms with Crippen LogP contribution in [0.25, 0.3) is 0 Å². The molecule has 0 atom stereocenters. The molecule has 0 bridgehead atoms. The van der Waals surface area contributed by atoms with Crippen LogP contribution in [0.4, 0.5) is 0 Å². The average Bonchev–Trinajstić information content (AvgIpc) is 2.52. The van der Waals surface area contributed by atoms with E-state index in [1.54, 1.807) is 21.7 Å². The molecule has 0 rings (SSSR count). The van der Waals surface area contributed by atoms with Crippen LogP contribution in [-0.4, -0.2) is 27.1 Å². The minimum absolute atomic E-state index is 0.0736. The van der Waals surface area contributed by atoms with Gasteiger partial charge in [0, 0.05) is 19.8 Å². The zero-order chi connectivity index (χ0) is 16.9. The number of rotatable bonds is 14. The van der Waals surface area contributed by atoms with Gasteiger partial charge in [-0.05, 0) is 0 Å². The molecule has 0 aromatic carbocycles. The number of carbonyl (C=O) groups excluding carboxylic acids is 1. The predicted molar refractivity (Wildman–Crippen MR) is 103 cm³/mol. The van der Waals surface area contributed by atoms with Crippen molar-refractivity contribution in [1.29, 1.82) is 0 Å². The third-order valence-electron chi connectivity index (χ3n) is 3.54. The van der Waals surface area contributed by atoms with E-state index in [0.717, 1.165) is 0 Å². The molecule has 0 aromatic heterocycles. The molecule has 0 spiro atoms. The maximum absolute atomic E-state index is 9.51. The van der Waals surface area contributed by atoms with E-state index in [0.29, 0.717) is 0 Å². The molecule has 0 amide bonds. The summed E-state index contributed by atoms with van der Waals surface area (Å²) >= 11 is 3.24. The Morgan fingerprint density at radius 1 is 0.773 bits per heavy atom. The van der Waals surface area contributed by atoms with Crippen LogP contribution in [0.5, 0.6) is 0 Å². The molecule has 0 aromatic rings. The molecular weight excluding hydrogens is 399 g/mol. The summed E-state index contributed by atoms with van der Waals surface area (Å²) in [7, 11) is 0. The zero-order valence-corrected chi connectivity index (χ0v) is 18.9. The van der Waals surface area contributed by atoms with Crippen LogP contribution in [0.2, 0.25) is 8.87 Å². The van der Waals surface area contributed by atoms with Gasteiger partial charge in [0.05, 0.1) is 0 Å². The predicted octanol–water partition coefficient (Wildman–Crippen LogP) is 6.64. The van der Waals surface area contributed by atoms with Crippen molar-refractivity contribution in [2.24, 2.45) is 0 Å². The molecule has 132 valence electrons. The van der Waals surface area contributed by atoms with E-state index in [2.05, 4.69) is 30.9 Å². The molecule has 0 aliphatic carbocycles. The van der Waals surface area contributed by atoms with Crippen molar-refractivity contribution < 1.29 is 8.98 Å². The van der Waals surface area contributed by atoms with E-state index >= 15 is 0 Å². The van der Waals surface area contributed by atoms with E-state index in [1.165, 1.54) is 71.1 Å². The Morgan fingerprint density at radius 2 is 1.09 bits per heavy atom. The molecule has 22 heavy (non-hydrogen) atoms. The first-order chi connectivity index (χ1) is 10.7. The zero-order valence-electron chi connectivity index (χ0n) is 15.2. The summed E-state index contributed by atoms with van der Waals surface area (Å²) in [6.45, 7) is 5.89. The van der Waals surface area contributed by atoms with Crippen LogP contribution in [0, 0.1) is 0 Å². The Labute approximate surface area is 155 Å². The van der Waals surface area contributed by atoms with Gasteiger partial charge < -0.3 is 4.18 Å². The molecule has 0 fully saturated rings. The molecule has 0 unspecified atom stereocenters. The average molecular weight is 437 g/mol. The van der Waals surface area contributed by atoms with Gasteiger partial charge in [-0.15, -0.1) is 0 Å². The summed E-state index contributed by atoms with van der Waals surface area (Å²) in [5, 5.41) is 0. The Bertz CT molecular complexity index is 199. The Balaban J connectivity index is 0. The quantitative estimate of drug-likeness (QED) is 0.143. The van der Waals surface area contributed by atoms with Gasteiger partial charge in [-0.2, -0.15) is 0 Å². The number of hydrogen-bond donors (Lipinski definition) is 1. The standard InChI is InChI=1S/2C8H17.C2H4O2S.Sn/c2*1-3-5-7-8-6-4-2;1-2(3)4-5;/h2*1,3-8H2,2H3;5H,1H3;. The van der Waals surface area contributed by atoms with Gasteiger partial charge in [0.25, 0.3) is 0 Å². The van der Waals surface area contributed by atoms with Crippen molar-refractivity contribution >= 4 is 40.0 Å². The van der Waals surface area contributed by atoms with Crippen molar-refractivity contribution in [3.63, 3.8) is 0 Å². The second-order valence-corrected chi connectivity index (χ2v) is 10.3. The summed E-state index contributed by atoms with van der Waals surface area (Å²) in [4.78, 5) is 9.51. The molecule has 0 N–H and O–H groups in total. The third-order valence-corrected chi connectivity index (χ3v) is 7.84. The Hall–Kier alpha value is 0.619. The fourth-order valence-corrected chi connectivity index (χ4v) is 5.75. The SMILES string of the molecule is CC(=O)OS.CCCCCCC[CH2][Sn][CH2]CCCCCCC. The van der Waals surface area contributed by atoms with Crippen LogP contribution in [0.3, 0.4) is 0 Å². The molecule has 2 radical (unpaired) electrons. The number of carbonyl (C=O) groups is 1. The number of hydrogen-bond acceptors (Lipinski definition) is 3. The minimum atomic E-state index is -0.381. The molecular formula is C18H38O2SSn. The van der Waals surface area contributed by atoms with E-state index < -0.39 is 0 Å². The molecule has 0 saturated heterocycles. The normalized spacial score (nSPS) is 10.0. The summed E-state index contributed by atoms with van der Waals surface area (Å²) in [6, 6.07) is 0. The van der Waals surface area contributed by atoms with E-state index in [1.807, 2.05) is 0 Å². The summed E-state index contributed by atoms with van der Waals surface area (Å²) in [5.74, 6) is -0.381. The Morgan fingerprint density at radius 3 is 1.41 bits per heavy atom. The van der Waals surface area contributed by atoms with E-state index in [9.17, 15) is 4.79 Å². The fraction of sp³-hybridized carbons (Fsp3) is 0.944. The third kappa shape index (κ3) is 28.7. The van der Waals surface area contributed by atoms with Crippen LogP contribution < -0.4 is 0 Å². The first-order valence-corrected chi connectivity index (χ1v) is 13.6. The molecule has 0 saturated carbocycles. The second kappa shape index (κ2) is 23.9. The summed E-state index contributed by atoms with van der Waals surface area (Å²) in [6.07, 6.45) is 17.8. The van der Waals surface area contributed by atoms with Crippen LogP contribution >= 0.6 is 12.9 Å². The van der Waals surface area contributed by atoms with Gasteiger partial charge in [0.2, 0.25) is 0 Å². The van der Waals surface area contributed by atoms with Gasteiger partial charge in [0.15, 0.2) is 0 Å². The monoisotopic (exact) mass is 438 g/mol. The van der Waals surface area contributed by atoms with Crippen LogP contribution in [-0.2, 0) is 8.98 Å². The van der Waals surface area contributed by atoms with E-state index in [4.69, 9.17) is 0 Å². The van der Waals surface area contributed by atoms with Gasteiger partial charge >= 0.3 is 127 Å². The van der Waals surface area contributed by atoms with Crippen molar-refractivity contribution in [3.05, 3.63) is 0 Å². The Kier molecular flexibility index (Phi) is 27.0. The van der Waals surface area contributed by atoms with Crippen LogP contribution in [0.15, 0.2) is 0 Å². The first-order valence-electron chi connectivity index (χ1n) is 9.21. The molecule has 2 nitrogen and oxygen atoms in total. The van der Waals surface area contributed by atoms with Crippen molar-refractivity contribution in [3.8, 4) is 0 Å². The molecule has 0 heterocycles. The topological polar surface area (TPSA) is 26.3 Å². The number of unbranched alkanes of at least 4 members (excludes halogenated alkanes) is 10. The second-order valence-electron chi connectivity index (χ2n) is 5.87. The molecule has 0 aliphatic rings. The van der Waals surface area contributed by atoms with Gasteiger partial charge in [-0.1, -0.05) is 0 Å². The van der Waals surface area contributed by atoms with Gasteiger partial charge in [0.1, 0.15) is 0 Å². The fourth-order valence-electron chi connectivity index (χ4n) is 2.19. The van der Waals surface area contributed by atoms with Crippen LogP contribution in [0.1, 0.15) is 97.8 Å². The maximum atomic E-state index is 9.51. The van der Waals surface area contributed by atoms with Crippen molar-refractivity contribution in [2.45, 2.75) is 107 Å². The van der Waals surface area contributed by atoms with Gasteiger partial charge in [-0.25, -0.2) is 0 Å². The first kappa shape index (κ1) is 24.9. The summed E-state index contributed by atoms with van der Waals surface area (Å²) < 4.78 is 7.12.